The second-order valence-corrected chi connectivity index (χ2v) is 5.94. The third-order valence-electron chi connectivity index (χ3n) is 2.82. The third kappa shape index (κ3) is 4.48. The van der Waals surface area contributed by atoms with Crippen LogP contribution in [0.2, 0.25) is 0 Å². The van der Waals surface area contributed by atoms with E-state index in [1.165, 1.54) is 4.90 Å². The molecule has 5 heteroatoms. The largest absolute Gasteiger partial charge is 0.443 e. The van der Waals surface area contributed by atoms with E-state index in [4.69, 9.17) is 4.74 Å². The van der Waals surface area contributed by atoms with Gasteiger partial charge in [0.25, 0.3) is 0 Å². The topological polar surface area (TPSA) is 54.5 Å². The zero-order valence-corrected chi connectivity index (χ0v) is 13.3. The highest BCUT2D eigenvalue weighted by Gasteiger charge is 2.21. The summed E-state index contributed by atoms with van der Waals surface area (Å²) < 4.78 is 5.31. The number of rotatable bonds is 3. The molecular weight excluding hydrogens is 278 g/mol. The maximum absolute atomic E-state index is 12.0. The Hall–Kier alpha value is -2.56. The van der Waals surface area contributed by atoms with Crippen molar-refractivity contribution < 1.29 is 9.53 Å². The van der Waals surface area contributed by atoms with Crippen LogP contribution in [0.5, 0.6) is 0 Å². The summed E-state index contributed by atoms with van der Waals surface area (Å²) >= 11 is 0. The minimum Gasteiger partial charge on any atom is -0.443 e. The van der Waals surface area contributed by atoms with Crippen LogP contribution in [0.3, 0.4) is 0 Å². The van der Waals surface area contributed by atoms with Crippen molar-refractivity contribution in [2.45, 2.75) is 26.4 Å². The van der Waals surface area contributed by atoms with Crippen molar-refractivity contribution in [3.63, 3.8) is 0 Å². The van der Waals surface area contributed by atoms with Crippen LogP contribution in [0.25, 0.3) is 0 Å². The molecule has 0 saturated carbocycles. The lowest BCUT2D eigenvalue weighted by Gasteiger charge is -2.24. The number of anilines is 3. The Labute approximate surface area is 130 Å². The van der Waals surface area contributed by atoms with Crippen LogP contribution in [-0.2, 0) is 4.74 Å². The number of benzene rings is 1. The SMILES string of the molecule is CN(C(=O)OC(C)(C)C)c1ccc(Nc2ccccc2)cn1. The van der Waals surface area contributed by atoms with E-state index >= 15 is 0 Å². The summed E-state index contributed by atoms with van der Waals surface area (Å²) in [4.78, 5) is 17.7. The number of nitrogens with zero attached hydrogens (tertiary/aromatic N) is 2. The van der Waals surface area contributed by atoms with Crippen LogP contribution in [0, 0.1) is 0 Å². The highest BCUT2D eigenvalue weighted by atomic mass is 16.6. The molecule has 1 aromatic carbocycles. The molecule has 0 aliphatic carbocycles. The summed E-state index contributed by atoms with van der Waals surface area (Å²) in [7, 11) is 1.64. The molecule has 0 aliphatic rings. The molecule has 1 aromatic heterocycles. The average molecular weight is 299 g/mol. The van der Waals surface area contributed by atoms with Gasteiger partial charge in [0.1, 0.15) is 11.4 Å². The van der Waals surface area contributed by atoms with Crippen molar-refractivity contribution in [2.24, 2.45) is 0 Å². The van der Waals surface area contributed by atoms with Crippen LogP contribution < -0.4 is 10.2 Å². The van der Waals surface area contributed by atoms with E-state index in [0.29, 0.717) is 5.82 Å². The van der Waals surface area contributed by atoms with Crippen LogP contribution in [0.15, 0.2) is 48.7 Å². The minimum atomic E-state index is -0.528. The van der Waals surface area contributed by atoms with Crippen molar-refractivity contribution in [3.8, 4) is 0 Å². The molecule has 22 heavy (non-hydrogen) atoms. The number of nitrogens with one attached hydrogen (secondary N) is 1. The van der Waals surface area contributed by atoms with Gasteiger partial charge < -0.3 is 10.1 Å². The average Bonchev–Trinajstić information content (AvgIpc) is 2.46. The molecule has 1 N–H and O–H groups in total. The van der Waals surface area contributed by atoms with Crippen LogP contribution in [0.4, 0.5) is 22.0 Å². The Morgan fingerprint density at radius 2 is 1.77 bits per heavy atom. The van der Waals surface area contributed by atoms with Gasteiger partial charge in [-0.3, -0.25) is 4.90 Å². The van der Waals surface area contributed by atoms with Gasteiger partial charge in [-0.1, -0.05) is 18.2 Å². The number of carbonyl (C=O) groups is 1. The van der Waals surface area contributed by atoms with E-state index < -0.39 is 11.7 Å². The zero-order chi connectivity index (χ0) is 16.2. The Balaban J connectivity index is 2.04. The molecule has 1 heterocycles. The number of carbonyl (C=O) groups excluding carboxylic acids is 1. The Morgan fingerprint density at radius 1 is 1.09 bits per heavy atom. The molecule has 2 rings (SSSR count). The molecule has 0 unspecified atom stereocenters. The van der Waals surface area contributed by atoms with Gasteiger partial charge in [-0.2, -0.15) is 0 Å². The summed E-state index contributed by atoms with van der Waals surface area (Å²) in [5.74, 6) is 0.535. The van der Waals surface area contributed by atoms with Crippen molar-refractivity contribution in [2.75, 3.05) is 17.3 Å². The fourth-order valence-electron chi connectivity index (χ4n) is 1.77. The van der Waals surface area contributed by atoms with E-state index in [9.17, 15) is 4.79 Å². The molecule has 116 valence electrons. The Kier molecular flexibility index (Phi) is 4.65. The fourth-order valence-corrected chi connectivity index (χ4v) is 1.77. The van der Waals surface area contributed by atoms with E-state index in [2.05, 4.69) is 10.3 Å². The molecular formula is C17H21N3O2. The number of hydrogen-bond donors (Lipinski definition) is 1. The summed E-state index contributed by atoms with van der Waals surface area (Å²) in [6.45, 7) is 5.50. The summed E-state index contributed by atoms with van der Waals surface area (Å²) in [6, 6.07) is 13.5. The van der Waals surface area contributed by atoms with Gasteiger partial charge in [0.15, 0.2) is 0 Å². The highest BCUT2D eigenvalue weighted by molar-refractivity contribution is 5.86. The molecule has 0 radical (unpaired) electrons. The minimum absolute atomic E-state index is 0.427. The van der Waals surface area contributed by atoms with Gasteiger partial charge >= 0.3 is 6.09 Å². The Bertz CT molecular complexity index is 619. The summed E-state index contributed by atoms with van der Waals surface area (Å²) in [5.41, 5.74) is 1.31. The monoisotopic (exact) mass is 299 g/mol. The number of para-hydroxylation sites is 1. The van der Waals surface area contributed by atoms with Gasteiger partial charge in [0, 0.05) is 12.7 Å². The summed E-state index contributed by atoms with van der Waals surface area (Å²) in [5, 5.41) is 3.24. The van der Waals surface area contributed by atoms with Gasteiger partial charge in [-0.25, -0.2) is 9.78 Å². The number of amides is 1. The number of aromatic nitrogens is 1. The van der Waals surface area contributed by atoms with Gasteiger partial charge in [-0.15, -0.1) is 0 Å². The molecule has 1 amide bonds. The molecule has 0 bridgehead atoms. The third-order valence-corrected chi connectivity index (χ3v) is 2.82. The van der Waals surface area contributed by atoms with Crippen molar-refractivity contribution in [3.05, 3.63) is 48.7 Å². The fraction of sp³-hybridized carbons (Fsp3) is 0.294. The first-order valence-corrected chi connectivity index (χ1v) is 7.10. The van der Waals surface area contributed by atoms with E-state index in [0.717, 1.165) is 11.4 Å². The molecule has 0 saturated heterocycles. The van der Waals surface area contributed by atoms with Crippen molar-refractivity contribution in [1.29, 1.82) is 0 Å². The molecule has 0 atom stereocenters. The first-order chi connectivity index (χ1) is 10.3. The first-order valence-electron chi connectivity index (χ1n) is 7.10. The van der Waals surface area contributed by atoms with Crippen LogP contribution >= 0.6 is 0 Å². The van der Waals surface area contributed by atoms with Gasteiger partial charge in [0.05, 0.1) is 11.9 Å². The quantitative estimate of drug-likeness (QED) is 0.923. The summed E-state index contributed by atoms with van der Waals surface area (Å²) in [6.07, 6.45) is 1.26. The lowest BCUT2D eigenvalue weighted by Crippen LogP contribution is -2.34. The van der Waals surface area contributed by atoms with E-state index in [1.807, 2.05) is 57.2 Å². The van der Waals surface area contributed by atoms with Gasteiger partial charge in [0.2, 0.25) is 0 Å². The van der Waals surface area contributed by atoms with Crippen LogP contribution in [-0.4, -0.2) is 23.7 Å². The van der Waals surface area contributed by atoms with E-state index in [1.54, 1.807) is 19.3 Å². The predicted octanol–water partition coefficient (Wildman–Crippen LogP) is 4.20. The van der Waals surface area contributed by atoms with Crippen molar-refractivity contribution in [1.82, 2.24) is 4.98 Å². The number of ether oxygens (including phenoxy) is 1. The number of pyridine rings is 1. The second kappa shape index (κ2) is 6.47. The van der Waals surface area contributed by atoms with Gasteiger partial charge in [-0.05, 0) is 45.0 Å². The molecule has 0 fully saturated rings. The molecule has 0 spiro atoms. The normalized spacial score (nSPS) is 10.9. The maximum atomic E-state index is 12.0. The lowest BCUT2D eigenvalue weighted by molar-refractivity contribution is 0.0588. The Morgan fingerprint density at radius 3 is 2.32 bits per heavy atom. The lowest BCUT2D eigenvalue weighted by atomic mass is 10.2. The second-order valence-electron chi connectivity index (χ2n) is 5.94. The smallest absolute Gasteiger partial charge is 0.415 e. The predicted molar refractivity (Wildman–Crippen MR) is 88.6 cm³/mol. The molecule has 0 aliphatic heterocycles. The van der Waals surface area contributed by atoms with Crippen LogP contribution in [0.1, 0.15) is 20.8 Å². The maximum Gasteiger partial charge on any atom is 0.415 e. The first kappa shape index (κ1) is 15.8. The highest BCUT2D eigenvalue weighted by Crippen LogP contribution is 2.19. The molecule has 2 aromatic rings. The van der Waals surface area contributed by atoms with Crippen molar-refractivity contribution >= 4 is 23.3 Å². The number of hydrogen-bond acceptors (Lipinski definition) is 4. The standard InChI is InChI=1S/C17H21N3O2/c1-17(2,3)22-16(21)20(4)15-11-10-14(12-18-15)19-13-8-6-5-7-9-13/h5-12,19H,1-4H3. The zero-order valence-electron chi connectivity index (χ0n) is 13.3. The molecule has 5 nitrogen and oxygen atoms in total. The van der Waals surface area contributed by atoms with E-state index in [-0.39, 0.29) is 0 Å².